The minimum absolute atomic E-state index is 0.0260. The molecule has 0 bridgehead atoms. The van der Waals surface area contributed by atoms with Crippen molar-refractivity contribution < 1.29 is 9.18 Å². The SMILES string of the molecule is O=C1CC(c2ccccc2)=Nc2ccccc2N1Cc1ccc(F)cc1. The number of hydrogen-bond acceptors (Lipinski definition) is 2. The molecule has 1 amide bonds. The molecule has 0 saturated carbocycles. The highest BCUT2D eigenvalue weighted by atomic mass is 19.1. The molecule has 0 radical (unpaired) electrons. The number of hydrogen-bond donors (Lipinski definition) is 0. The van der Waals surface area contributed by atoms with Gasteiger partial charge in [0, 0.05) is 0 Å². The van der Waals surface area contributed by atoms with Crippen molar-refractivity contribution in [1.82, 2.24) is 0 Å². The van der Waals surface area contributed by atoms with E-state index in [9.17, 15) is 9.18 Å². The summed E-state index contributed by atoms with van der Waals surface area (Å²) in [4.78, 5) is 19.5. The van der Waals surface area contributed by atoms with Crippen molar-refractivity contribution in [2.45, 2.75) is 13.0 Å². The minimum atomic E-state index is -0.286. The van der Waals surface area contributed by atoms with Crippen molar-refractivity contribution in [1.29, 1.82) is 0 Å². The Bertz CT molecular complexity index is 965. The topological polar surface area (TPSA) is 32.7 Å². The molecule has 3 aromatic rings. The Morgan fingerprint density at radius 2 is 1.58 bits per heavy atom. The maximum Gasteiger partial charge on any atom is 0.233 e. The van der Waals surface area contributed by atoms with Crippen LogP contribution in [0.5, 0.6) is 0 Å². The number of aliphatic imine (C=N–C) groups is 1. The van der Waals surface area contributed by atoms with Crippen LogP contribution in [0.15, 0.2) is 83.9 Å². The van der Waals surface area contributed by atoms with Crippen LogP contribution in [0.2, 0.25) is 0 Å². The lowest BCUT2D eigenvalue weighted by Gasteiger charge is -2.22. The number of fused-ring (bicyclic) bond motifs is 1. The van der Waals surface area contributed by atoms with Gasteiger partial charge >= 0.3 is 0 Å². The minimum Gasteiger partial charge on any atom is -0.306 e. The third-order valence-corrected chi connectivity index (χ3v) is 4.41. The number of amides is 1. The number of nitrogens with zero attached hydrogens (tertiary/aromatic N) is 2. The molecule has 1 aliphatic heterocycles. The molecule has 0 saturated heterocycles. The summed E-state index contributed by atoms with van der Waals surface area (Å²) >= 11 is 0. The monoisotopic (exact) mass is 344 g/mol. The predicted octanol–water partition coefficient (Wildman–Crippen LogP) is 4.88. The van der Waals surface area contributed by atoms with E-state index in [-0.39, 0.29) is 18.1 Å². The van der Waals surface area contributed by atoms with Crippen LogP contribution in [0, 0.1) is 5.82 Å². The van der Waals surface area contributed by atoms with Crippen molar-refractivity contribution in [3.63, 3.8) is 0 Å². The molecule has 4 rings (SSSR count). The zero-order valence-corrected chi connectivity index (χ0v) is 14.1. The van der Waals surface area contributed by atoms with Crippen molar-refractivity contribution >= 4 is 23.0 Å². The van der Waals surface area contributed by atoms with Gasteiger partial charge in [0.1, 0.15) is 5.82 Å². The average molecular weight is 344 g/mol. The highest BCUT2D eigenvalue weighted by Gasteiger charge is 2.24. The fourth-order valence-electron chi connectivity index (χ4n) is 3.09. The van der Waals surface area contributed by atoms with E-state index in [1.807, 2.05) is 54.6 Å². The quantitative estimate of drug-likeness (QED) is 0.666. The maximum absolute atomic E-state index is 13.2. The molecule has 1 aliphatic rings. The van der Waals surface area contributed by atoms with Crippen molar-refractivity contribution in [3.8, 4) is 0 Å². The van der Waals surface area contributed by atoms with Gasteiger partial charge in [0.05, 0.1) is 30.1 Å². The summed E-state index contributed by atoms with van der Waals surface area (Å²) in [5.74, 6) is -0.312. The van der Waals surface area contributed by atoms with Gasteiger partial charge in [-0.2, -0.15) is 0 Å². The molecule has 0 N–H and O–H groups in total. The third-order valence-electron chi connectivity index (χ3n) is 4.41. The summed E-state index contributed by atoms with van der Waals surface area (Å²) in [7, 11) is 0. The molecule has 3 aromatic carbocycles. The molecule has 0 spiro atoms. The van der Waals surface area contributed by atoms with Crippen LogP contribution < -0.4 is 4.90 Å². The van der Waals surface area contributed by atoms with Crippen molar-refractivity contribution in [3.05, 3.63) is 95.8 Å². The molecule has 0 aromatic heterocycles. The first-order valence-electron chi connectivity index (χ1n) is 8.47. The summed E-state index contributed by atoms with van der Waals surface area (Å²) < 4.78 is 13.2. The molecule has 4 heteroatoms. The van der Waals surface area contributed by atoms with Gasteiger partial charge in [-0.05, 0) is 35.4 Å². The molecular formula is C22H17FN2O. The molecule has 128 valence electrons. The lowest BCUT2D eigenvalue weighted by molar-refractivity contribution is -0.117. The van der Waals surface area contributed by atoms with E-state index in [1.165, 1.54) is 12.1 Å². The van der Waals surface area contributed by atoms with Gasteiger partial charge in [0.25, 0.3) is 0 Å². The Kier molecular flexibility index (Phi) is 4.32. The Hall–Kier alpha value is -3.27. The van der Waals surface area contributed by atoms with E-state index in [0.29, 0.717) is 6.54 Å². The predicted molar refractivity (Wildman–Crippen MR) is 101 cm³/mol. The highest BCUT2D eigenvalue weighted by Crippen LogP contribution is 2.33. The summed E-state index contributed by atoms with van der Waals surface area (Å²) in [5, 5.41) is 0. The summed E-state index contributed by atoms with van der Waals surface area (Å²) in [6.07, 6.45) is 0.222. The van der Waals surface area contributed by atoms with Crippen LogP contribution in [-0.2, 0) is 11.3 Å². The van der Waals surface area contributed by atoms with E-state index in [2.05, 4.69) is 0 Å². The second-order valence-electron chi connectivity index (χ2n) is 6.20. The van der Waals surface area contributed by atoms with E-state index in [4.69, 9.17) is 4.99 Å². The molecule has 3 nitrogen and oxygen atoms in total. The van der Waals surface area contributed by atoms with E-state index in [1.54, 1.807) is 17.0 Å². The zero-order valence-electron chi connectivity index (χ0n) is 14.1. The Balaban J connectivity index is 1.73. The van der Waals surface area contributed by atoms with Crippen LogP contribution in [0.3, 0.4) is 0 Å². The number of anilines is 1. The Morgan fingerprint density at radius 3 is 2.35 bits per heavy atom. The highest BCUT2D eigenvalue weighted by molar-refractivity contribution is 6.17. The van der Waals surface area contributed by atoms with Gasteiger partial charge in [0.2, 0.25) is 5.91 Å². The molecule has 1 heterocycles. The second kappa shape index (κ2) is 6.92. The smallest absolute Gasteiger partial charge is 0.233 e. The molecule has 0 unspecified atom stereocenters. The van der Waals surface area contributed by atoms with Crippen LogP contribution in [-0.4, -0.2) is 11.6 Å². The largest absolute Gasteiger partial charge is 0.306 e. The van der Waals surface area contributed by atoms with Crippen LogP contribution in [0.1, 0.15) is 17.5 Å². The maximum atomic E-state index is 13.2. The first-order chi connectivity index (χ1) is 12.7. The van der Waals surface area contributed by atoms with Crippen molar-refractivity contribution in [2.75, 3.05) is 4.90 Å². The van der Waals surface area contributed by atoms with E-state index >= 15 is 0 Å². The lowest BCUT2D eigenvalue weighted by atomic mass is 10.1. The average Bonchev–Trinajstić information content (AvgIpc) is 2.81. The van der Waals surface area contributed by atoms with Crippen molar-refractivity contribution in [2.24, 2.45) is 4.99 Å². The number of carbonyl (C=O) groups excluding carboxylic acids is 1. The third kappa shape index (κ3) is 3.26. The summed E-state index contributed by atoms with van der Waals surface area (Å²) in [6, 6.07) is 23.6. The van der Waals surface area contributed by atoms with Crippen LogP contribution in [0.4, 0.5) is 15.8 Å². The number of carbonyl (C=O) groups is 1. The summed E-state index contributed by atoms with van der Waals surface area (Å²) in [6.45, 7) is 0.383. The fraction of sp³-hybridized carbons (Fsp3) is 0.0909. The number of halogens is 1. The standard InChI is InChI=1S/C22H17FN2O/c23-18-12-10-16(11-13-18)15-25-21-9-5-4-8-19(21)24-20(14-22(25)26)17-6-2-1-3-7-17/h1-13H,14-15H2. The van der Waals surface area contributed by atoms with Gasteiger partial charge in [0.15, 0.2) is 0 Å². The first-order valence-corrected chi connectivity index (χ1v) is 8.47. The molecular weight excluding hydrogens is 327 g/mol. The van der Waals surface area contributed by atoms with Crippen LogP contribution in [0.25, 0.3) is 0 Å². The zero-order chi connectivity index (χ0) is 17.9. The lowest BCUT2D eigenvalue weighted by Crippen LogP contribution is -2.31. The molecule has 0 fully saturated rings. The van der Waals surface area contributed by atoms with Crippen LogP contribution >= 0.6 is 0 Å². The fourth-order valence-corrected chi connectivity index (χ4v) is 3.09. The van der Waals surface area contributed by atoms with Gasteiger partial charge in [-0.1, -0.05) is 54.6 Å². The number of para-hydroxylation sites is 2. The second-order valence-corrected chi connectivity index (χ2v) is 6.20. The number of benzene rings is 3. The molecule has 0 atom stereocenters. The Labute approximate surface area is 151 Å². The molecule has 26 heavy (non-hydrogen) atoms. The van der Waals surface area contributed by atoms with Gasteiger partial charge in [-0.3, -0.25) is 9.79 Å². The van der Waals surface area contributed by atoms with Gasteiger partial charge < -0.3 is 4.90 Å². The normalized spacial score (nSPS) is 13.8. The Morgan fingerprint density at radius 1 is 0.885 bits per heavy atom. The summed E-state index contributed by atoms with van der Waals surface area (Å²) in [5.41, 5.74) is 4.11. The molecule has 0 aliphatic carbocycles. The first kappa shape index (κ1) is 16.2. The van der Waals surface area contributed by atoms with E-state index in [0.717, 1.165) is 28.2 Å². The van der Waals surface area contributed by atoms with Gasteiger partial charge in [-0.25, -0.2) is 4.39 Å². The van der Waals surface area contributed by atoms with E-state index < -0.39 is 0 Å². The number of rotatable bonds is 3. The van der Waals surface area contributed by atoms with Gasteiger partial charge in [-0.15, -0.1) is 0 Å².